The molecule has 0 bridgehead atoms. The summed E-state index contributed by atoms with van der Waals surface area (Å²) in [5, 5.41) is 0. The van der Waals surface area contributed by atoms with Crippen molar-refractivity contribution in [3.8, 4) is 0 Å². The minimum absolute atomic E-state index is 0.566. The van der Waals surface area contributed by atoms with E-state index >= 15 is 0 Å². The molecule has 1 aromatic rings. The third-order valence-electron chi connectivity index (χ3n) is 2.55. The number of rotatable bonds is 1. The molecule has 1 aliphatic heterocycles. The number of benzene rings is 1. The molecule has 1 aliphatic rings. The fourth-order valence-corrected chi connectivity index (χ4v) is 3.14. The van der Waals surface area contributed by atoms with E-state index in [1.165, 1.54) is 8.61 Å². The molecule has 0 atom stereocenters. The van der Waals surface area contributed by atoms with Crippen molar-refractivity contribution in [1.29, 1.82) is 0 Å². The molecule has 0 N–H and O–H groups in total. The SMILES string of the molecule is CN1CCCN(c2ccccc2)S1(=O)=O. The molecule has 82 valence electrons. The van der Waals surface area contributed by atoms with Crippen LogP contribution in [0.3, 0.4) is 0 Å². The van der Waals surface area contributed by atoms with E-state index in [0.717, 1.165) is 12.1 Å². The van der Waals surface area contributed by atoms with Crippen molar-refractivity contribution in [3.63, 3.8) is 0 Å². The molecule has 0 aromatic heterocycles. The first-order chi connectivity index (χ1) is 7.12. The first-order valence-corrected chi connectivity index (χ1v) is 6.31. The molecule has 0 aliphatic carbocycles. The molecule has 15 heavy (non-hydrogen) atoms. The summed E-state index contributed by atoms with van der Waals surface area (Å²) in [5.41, 5.74) is 0.740. The van der Waals surface area contributed by atoms with Gasteiger partial charge in [-0.3, -0.25) is 4.31 Å². The summed E-state index contributed by atoms with van der Waals surface area (Å²) in [6.07, 6.45) is 0.866. The van der Waals surface area contributed by atoms with Gasteiger partial charge in [0, 0.05) is 20.1 Å². The maximum Gasteiger partial charge on any atom is 0.303 e. The van der Waals surface area contributed by atoms with E-state index in [2.05, 4.69) is 0 Å². The zero-order valence-electron chi connectivity index (χ0n) is 8.63. The lowest BCUT2D eigenvalue weighted by molar-refractivity contribution is 0.438. The second kappa shape index (κ2) is 3.83. The van der Waals surface area contributed by atoms with Gasteiger partial charge in [0.05, 0.1) is 5.69 Å². The number of nitrogens with zero attached hydrogens (tertiary/aromatic N) is 2. The lowest BCUT2D eigenvalue weighted by Gasteiger charge is -2.33. The monoisotopic (exact) mass is 226 g/mol. The van der Waals surface area contributed by atoms with Gasteiger partial charge >= 0.3 is 10.2 Å². The van der Waals surface area contributed by atoms with Gasteiger partial charge in [0.2, 0.25) is 0 Å². The Labute approximate surface area is 90.3 Å². The molecular formula is C10H14N2O2S. The van der Waals surface area contributed by atoms with Crippen LogP contribution in [0.5, 0.6) is 0 Å². The second-order valence-electron chi connectivity index (χ2n) is 3.59. The third-order valence-corrected chi connectivity index (χ3v) is 4.47. The maximum atomic E-state index is 12.0. The van der Waals surface area contributed by atoms with E-state index in [0.29, 0.717) is 13.1 Å². The fourth-order valence-electron chi connectivity index (χ4n) is 1.69. The maximum absolute atomic E-state index is 12.0. The van der Waals surface area contributed by atoms with E-state index in [1.54, 1.807) is 7.05 Å². The molecular weight excluding hydrogens is 212 g/mol. The topological polar surface area (TPSA) is 40.6 Å². The van der Waals surface area contributed by atoms with E-state index in [9.17, 15) is 8.42 Å². The Hall–Kier alpha value is -1.07. The molecule has 1 aromatic carbocycles. The largest absolute Gasteiger partial charge is 0.303 e. The smallest absolute Gasteiger partial charge is 0.258 e. The van der Waals surface area contributed by atoms with Gasteiger partial charge in [-0.2, -0.15) is 12.7 Å². The van der Waals surface area contributed by atoms with Gasteiger partial charge in [-0.1, -0.05) is 18.2 Å². The Morgan fingerprint density at radius 2 is 1.80 bits per heavy atom. The zero-order chi connectivity index (χ0) is 10.9. The predicted octanol–water partition coefficient (Wildman–Crippen LogP) is 1.07. The highest BCUT2D eigenvalue weighted by Gasteiger charge is 2.30. The normalized spacial score (nSPS) is 21.5. The van der Waals surface area contributed by atoms with Crippen LogP contribution >= 0.6 is 0 Å². The first-order valence-electron chi connectivity index (χ1n) is 4.91. The average molecular weight is 226 g/mol. The van der Waals surface area contributed by atoms with E-state index in [-0.39, 0.29) is 0 Å². The summed E-state index contributed by atoms with van der Waals surface area (Å²) in [6.45, 7) is 1.17. The second-order valence-corrected chi connectivity index (χ2v) is 5.55. The van der Waals surface area contributed by atoms with Gasteiger partial charge < -0.3 is 0 Å². The molecule has 0 spiro atoms. The molecule has 0 saturated carbocycles. The van der Waals surface area contributed by atoms with Crippen molar-refractivity contribution in [2.45, 2.75) is 6.42 Å². The minimum Gasteiger partial charge on any atom is -0.258 e. The van der Waals surface area contributed by atoms with E-state index in [1.807, 2.05) is 30.3 Å². The standard InChI is InChI=1S/C10H14N2O2S/c1-11-8-5-9-12(15(11,13)14)10-6-3-2-4-7-10/h2-4,6-7H,5,8-9H2,1H3. The van der Waals surface area contributed by atoms with Gasteiger partial charge in [-0.15, -0.1) is 0 Å². The van der Waals surface area contributed by atoms with Crippen LogP contribution in [-0.4, -0.2) is 32.9 Å². The molecule has 5 heteroatoms. The van der Waals surface area contributed by atoms with Crippen LogP contribution in [0, 0.1) is 0 Å². The molecule has 0 amide bonds. The Kier molecular flexibility index (Phi) is 2.67. The van der Waals surface area contributed by atoms with Crippen LogP contribution in [-0.2, 0) is 10.2 Å². The Morgan fingerprint density at radius 3 is 2.47 bits per heavy atom. The van der Waals surface area contributed by atoms with E-state index in [4.69, 9.17) is 0 Å². The Bertz CT molecular complexity index is 430. The van der Waals surface area contributed by atoms with Crippen molar-refractivity contribution >= 4 is 15.9 Å². The Morgan fingerprint density at radius 1 is 1.13 bits per heavy atom. The summed E-state index contributed by atoms with van der Waals surface area (Å²) in [4.78, 5) is 0. The van der Waals surface area contributed by atoms with Gasteiger partial charge in [0.25, 0.3) is 0 Å². The predicted molar refractivity (Wildman–Crippen MR) is 60.0 cm³/mol. The molecule has 4 nitrogen and oxygen atoms in total. The Balaban J connectivity index is 2.37. The van der Waals surface area contributed by atoms with Crippen molar-refractivity contribution in [1.82, 2.24) is 4.31 Å². The van der Waals surface area contributed by atoms with Crippen molar-refractivity contribution in [2.24, 2.45) is 0 Å². The first kappa shape index (κ1) is 10.4. The van der Waals surface area contributed by atoms with Crippen LogP contribution in [0.15, 0.2) is 30.3 Å². The zero-order valence-corrected chi connectivity index (χ0v) is 9.44. The van der Waals surface area contributed by atoms with Crippen LogP contribution in [0.4, 0.5) is 5.69 Å². The summed E-state index contributed by atoms with van der Waals surface area (Å²) in [7, 11) is -1.67. The summed E-state index contributed by atoms with van der Waals surface area (Å²) < 4.78 is 26.8. The molecule has 0 radical (unpaired) electrons. The van der Waals surface area contributed by atoms with Gasteiger partial charge in [0.1, 0.15) is 0 Å². The summed E-state index contributed by atoms with van der Waals surface area (Å²) in [5.74, 6) is 0. The lowest BCUT2D eigenvalue weighted by atomic mass is 10.3. The fraction of sp³-hybridized carbons (Fsp3) is 0.400. The third kappa shape index (κ3) is 1.85. The van der Waals surface area contributed by atoms with Crippen molar-refractivity contribution < 1.29 is 8.42 Å². The number of anilines is 1. The highest BCUT2D eigenvalue weighted by atomic mass is 32.2. The van der Waals surface area contributed by atoms with E-state index < -0.39 is 10.2 Å². The highest BCUT2D eigenvalue weighted by Crippen LogP contribution is 2.22. The van der Waals surface area contributed by atoms with Gasteiger partial charge in [-0.05, 0) is 18.6 Å². The summed E-state index contributed by atoms with van der Waals surface area (Å²) in [6, 6.07) is 9.20. The van der Waals surface area contributed by atoms with Crippen LogP contribution in [0.1, 0.15) is 6.42 Å². The van der Waals surface area contributed by atoms with Crippen LogP contribution < -0.4 is 4.31 Å². The van der Waals surface area contributed by atoms with Crippen molar-refractivity contribution in [3.05, 3.63) is 30.3 Å². The molecule has 1 heterocycles. The average Bonchev–Trinajstić information content (AvgIpc) is 2.23. The quantitative estimate of drug-likeness (QED) is 0.718. The molecule has 1 saturated heterocycles. The number of hydrogen-bond donors (Lipinski definition) is 0. The summed E-state index contributed by atoms with van der Waals surface area (Å²) >= 11 is 0. The minimum atomic E-state index is -3.29. The number of para-hydroxylation sites is 1. The van der Waals surface area contributed by atoms with Crippen LogP contribution in [0.25, 0.3) is 0 Å². The number of hydrogen-bond acceptors (Lipinski definition) is 2. The van der Waals surface area contributed by atoms with Gasteiger partial charge in [-0.25, -0.2) is 0 Å². The molecule has 2 rings (SSSR count). The van der Waals surface area contributed by atoms with Crippen LogP contribution in [0.2, 0.25) is 0 Å². The molecule has 1 fully saturated rings. The molecule has 0 unspecified atom stereocenters. The highest BCUT2D eigenvalue weighted by molar-refractivity contribution is 7.90. The lowest BCUT2D eigenvalue weighted by Crippen LogP contribution is -2.47. The van der Waals surface area contributed by atoms with Crippen molar-refractivity contribution in [2.75, 3.05) is 24.4 Å². The van der Waals surface area contributed by atoms with Gasteiger partial charge in [0.15, 0.2) is 0 Å².